The fraction of sp³-hybridized carbons (Fsp3) is 0.545. The minimum Gasteiger partial charge on any atom is -0.480 e. The van der Waals surface area contributed by atoms with Gasteiger partial charge in [-0.2, -0.15) is 0 Å². The molecule has 1 fully saturated rings. The molecule has 0 amide bonds. The number of anilines is 1. The zero-order chi connectivity index (χ0) is 11.8. The second-order valence-electron chi connectivity index (χ2n) is 4.35. The van der Waals surface area contributed by atoms with Gasteiger partial charge in [0.05, 0.1) is 0 Å². The first-order chi connectivity index (χ1) is 7.54. The molecule has 1 saturated heterocycles. The normalized spacial score (nSPS) is 24.8. The van der Waals surface area contributed by atoms with Crippen LogP contribution in [0.2, 0.25) is 0 Å². The quantitative estimate of drug-likeness (QED) is 0.813. The van der Waals surface area contributed by atoms with Crippen molar-refractivity contribution in [2.45, 2.75) is 32.2 Å². The van der Waals surface area contributed by atoms with Crippen LogP contribution in [0.3, 0.4) is 0 Å². The van der Waals surface area contributed by atoms with E-state index in [4.69, 9.17) is 0 Å². The number of carbonyl (C=O) groups is 1. The van der Waals surface area contributed by atoms with Gasteiger partial charge in [0.25, 0.3) is 0 Å². The number of carboxylic acids is 1. The average Bonchev–Trinajstić information content (AvgIpc) is 2.62. The van der Waals surface area contributed by atoms with Crippen LogP contribution in [-0.2, 0) is 4.79 Å². The molecule has 0 saturated carbocycles. The summed E-state index contributed by atoms with van der Waals surface area (Å²) >= 11 is 0. The van der Waals surface area contributed by atoms with Crippen molar-refractivity contribution in [3.05, 3.63) is 18.1 Å². The Morgan fingerprint density at radius 2 is 2.31 bits per heavy atom. The highest BCUT2D eigenvalue weighted by atomic mass is 16.4. The summed E-state index contributed by atoms with van der Waals surface area (Å²) in [7, 11) is 0. The second-order valence-corrected chi connectivity index (χ2v) is 4.35. The molecule has 1 aliphatic rings. The van der Waals surface area contributed by atoms with Gasteiger partial charge < -0.3 is 10.0 Å². The van der Waals surface area contributed by atoms with Gasteiger partial charge in [0.15, 0.2) is 0 Å². The Bertz CT molecular complexity index is 421. The molecule has 2 rings (SSSR count). The summed E-state index contributed by atoms with van der Waals surface area (Å²) in [6.07, 6.45) is 3.02. The van der Waals surface area contributed by atoms with Gasteiger partial charge in [0.1, 0.15) is 17.7 Å². The lowest BCUT2D eigenvalue weighted by molar-refractivity contribution is -0.142. The molecule has 5 heteroatoms. The third-order valence-corrected chi connectivity index (χ3v) is 3.17. The monoisotopic (exact) mass is 221 g/mol. The SMILES string of the molecule is Cc1cc(N2CCCC2(C)C(=O)O)ncn1. The van der Waals surface area contributed by atoms with Gasteiger partial charge in [0, 0.05) is 18.3 Å². The number of carboxylic acid groups (broad SMARTS) is 1. The van der Waals surface area contributed by atoms with E-state index in [1.54, 1.807) is 6.92 Å². The Morgan fingerprint density at radius 3 is 2.94 bits per heavy atom. The Balaban J connectivity index is 2.37. The maximum atomic E-state index is 11.3. The lowest BCUT2D eigenvalue weighted by Gasteiger charge is -2.32. The zero-order valence-corrected chi connectivity index (χ0v) is 9.47. The largest absolute Gasteiger partial charge is 0.480 e. The Labute approximate surface area is 94.1 Å². The number of aliphatic carboxylic acids is 1. The van der Waals surface area contributed by atoms with E-state index < -0.39 is 11.5 Å². The highest BCUT2D eigenvalue weighted by Gasteiger charge is 2.44. The molecule has 86 valence electrons. The Morgan fingerprint density at radius 1 is 1.56 bits per heavy atom. The van der Waals surface area contributed by atoms with E-state index in [1.807, 2.05) is 17.9 Å². The number of rotatable bonds is 2. The van der Waals surface area contributed by atoms with Crippen molar-refractivity contribution in [2.24, 2.45) is 0 Å². The molecule has 0 radical (unpaired) electrons. The standard InChI is InChI=1S/C11H15N3O2/c1-8-6-9(13-7-12-8)14-5-3-4-11(14,2)10(15)16/h6-7H,3-5H2,1-2H3,(H,15,16). The van der Waals surface area contributed by atoms with Gasteiger partial charge >= 0.3 is 5.97 Å². The van der Waals surface area contributed by atoms with Gasteiger partial charge in [-0.1, -0.05) is 0 Å². The number of aryl methyl sites for hydroxylation is 1. The molecular weight excluding hydrogens is 206 g/mol. The molecule has 0 bridgehead atoms. The van der Waals surface area contributed by atoms with Gasteiger partial charge in [-0.3, -0.25) is 0 Å². The fourth-order valence-corrected chi connectivity index (χ4v) is 2.14. The average molecular weight is 221 g/mol. The van der Waals surface area contributed by atoms with E-state index in [0.717, 1.165) is 18.7 Å². The summed E-state index contributed by atoms with van der Waals surface area (Å²) < 4.78 is 0. The van der Waals surface area contributed by atoms with Gasteiger partial charge in [0.2, 0.25) is 0 Å². The fourth-order valence-electron chi connectivity index (χ4n) is 2.14. The Hall–Kier alpha value is -1.65. The van der Waals surface area contributed by atoms with Crippen LogP contribution in [0.5, 0.6) is 0 Å². The summed E-state index contributed by atoms with van der Waals surface area (Å²) in [6, 6.07) is 1.83. The van der Waals surface area contributed by atoms with E-state index >= 15 is 0 Å². The molecule has 0 spiro atoms. The smallest absolute Gasteiger partial charge is 0.329 e. The highest BCUT2D eigenvalue weighted by molar-refractivity contribution is 5.83. The summed E-state index contributed by atoms with van der Waals surface area (Å²) in [4.78, 5) is 21.3. The maximum Gasteiger partial charge on any atom is 0.329 e. The first-order valence-corrected chi connectivity index (χ1v) is 5.34. The van der Waals surface area contributed by atoms with Crippen molar-refractivity contribution in [1.82, 2.24) is 9.97 Å². The molecule has 1 unspecified atom stereocenters. The third kappa shape index (κ3) is 1.62. The molecule has 2 heterocycles. The third-order valence-electron chi connectivity index (χ3n) is 3.17. The van der Waals surface area contributed by atoms with E-state index in [0.29, 0.717) is 12.2 Å². The minimum atomic E-state index is -0.833. The van der Waals surface area contributed by atoms with E-state index in [-0.39, 0.29) is 0 Å². The lowest BCUT2D eigenvalue weighted by Crippen LogP contribution is -2.48. The number of hydrogen-bond acceptors (Lipinski definition) is 4. The van der Waals surface area contributed by atoms with Gasteiger partial charge in [-0.05, 0) is 26.7 Å². The topological polar surface area (TPSA) is 66.3 Å². The van der Waals surface area contributed by atoms with Crippen molar-refractivity contribution < 1.29 is 9.90 Å². The Kier molecular flexibility index (Phi) is 2.53. The van der Waals surface area contributed by atoms with Gasteiger partial charge in [-0.25, -0.2) is 14.8 Å². The number of aromatic nitrogens is 2. The van der Waals surface area contributed by atoms with Crippen molar-refractivity contribution in [3.8, 4) is 0 Å². The van der Waals surface area contributed by atoms with E-state index in [9.17, 15) is 9.90 Å². The van der Waals surface area contributed by atoms with Crippen LogP contribution in [0.1, 0.15) is 25.5 Å². The molecule has 1 aromatic rings. The summed E-state index contributed by atoms with van der Waals surface area (Å²) in [5, 5.41) is 9.29. The van der Waals surface area contributed by atoms with Crippen molar-refractivity contribution >= 4 is 11.8 Å². The minimum absolute atomic E-state index is 0.658. The van der Waals surface area contributed by atoms with Crippen molar-refractivity contribution in [1.29, 1.82) is 0 Å². The molecule has 0 aromatic carbocycles. The van der Waals surface area contributed by atoms with Crippen LogP contribution >= 0.6 is 0 Å². The maximum absolute atomic E-state index is 11.3. The predicted molar refractivity (Wildman–Crippen MR) is 59.4 cm³/mol. The zero-order valence-electron chi connectivity index (χ0n) is 9.47. The predicted octanol–water partition coefficient (Wildman–Crippen LogP) is 1.23. The van der Waals surface area contributed by atoms with Crippen molar-refractivity contribution in [3.63, 3.8) is 0 Å². The van der Waals surface area contributed by atoms with Crippen LogP contribution in [0, 0.1) is 6.92 Å². The molecule has 1 aliphatic heterocycles. The van der Waals surface area contributed by atoms with E-state index in [2.05, 4.69) is 9.97 Å². The first kappa shape index (κ1) is 10.9. The first-order valence-electron chi connectivity index (χ1n) is 5.34. The molecular formula is C11H15N3O2. The molecule has 0 aliphatic carbocycles. The van der Waals surface area contributed by atoms with Crippen LogP contribution in [0.4, 0.5) is 5.82 Å². The summed E-state index contributed by atoms with van der Waals surface area (Å²) in [5.74, 6) is -0.0869. The molecule has 5 nitrogen and oxygen atoms in total. The molecule has 1 N–H and O–H groups in total. The van der Waals surface area contributed by atoms with Crippen LogP contribution in [0.25, 0.3) is 0 Å². The van der Waals surface area contributed by atoms with Crippen LogP contribution in [0.15, 0.2) is 12.4 Å². The number of hydrogen-bond donors (Lipinski definition) is 1. The lowest BCUT2D eigenvalue weighted by atomic mass is 9.99. The van der Waals surface area contributed by atoms with Gasteiger partial charge in [-0.15, -0.1) is 0 Å². The van der Waals surface area contributed by atoms with Crippen molar-refractivity contribution in [2.75, 3.05) is 11.4 Å². The van der Waals surface area contributed by atoms with Crippen LogP contribution in [-0.4, -0.2) is 33.1 Å². The molecule has 1 atom stereocenters. The molecule has 16 heavy (non-hydrogen) atoms. The highest BCUT2D eigenvalue weighted by Crippen LogP contribution is 2.32. The van der Waals surface area contributed by atoms with E-state index in [1.165, 1.54) is 6.33 Å². The summed E-state index contributed by atoms with van der Waals surface area (Å²) in [6.45, 7) is 4.36. The second kappa shape index (κ2) is 3.73. The molecule has 1 aromatic heterocycles. The summed E-state index contributed by atoms with van der Waals surface area (Å²) in [5.41, 5.74) is 0.0190. The van der Waals surface area contributed by atoms with Crippen LogP contribution < -0.4 is 4.90 Å². The number of nitrogens with zero attached hydrogens (tertiary/aromatic N) is 3.